The first-order valence-corrected chi connectivity index (χ1v) is 10.3. The molecule has 1 fully saturated rings. The summed E-state index contributed by atoms with van der Waals surface area (Å²) in [5, 5.41) is 13.8. The van der Waals surface area contributed by atoms with Crippen molar-refractivity contribution in [1.82, 2.24) is 20.4 Å². The summed E-state index contributed by atoms with van der Waals surface area (Å²) in [4.78, 5) is 38.3. The maximum Gasteiger partial charge on any atom is 0.324 e. The Bertz CT molecular complexity index is 875. The van der Waals surface area contributed by atoms with Gasteiger partial charge in [0.25, 0.3) is 0 Å². The maximum absolute atomic E-state index is 12.7. The van der Waals surface area contributed by atoms with E-state index in [0.717, 1.165) is 15.0 Å². The number of carbonyl (C=O) groups is 3. The van der Waals surface area contributed by atoms with Crippen LogP contribution >= 0.6 is 34.7 Å². The van der Waals surface area contributed by atoms with Crippen LogP contribution in [0.3, 0.4) is 0 Å². The predicted octanol–water partition coefficient (Wildman–Crippen LogP) is 2.61. The molecule has 0 radical (unpaired) electrons. The van der Waals surface area contributed by atoms with Crippen molar-refractivity contribution in [2.24, 2.45) is 5.92 Å². The zero-order valence-electron chi connectivity index (χ0n) is 14.3. The predicted molar refractivity (Wildman–Crippen MR) is 104 cm³/mol. The Balaban J connectivity index is 1.70. The van der Waals surface area contributed by atoms with Gasteiger partial charge in [-0.05, 0) is 17.4 Å². The van der Waals surface area contributed by atoms with Gasteiger partial charge < -0.3 is 5.32 Å². The molecule has 1 aliphatic heterocycles. The number of imide groups is 1. The minimum atomic E-state index is -1.05. The first-order chi connectivity index (χ1) is 13.0. The molecule has 1 atom stereocenters. The number of hydrogen-bond acceptors (Lipinski definition) is 7. The fourth-order valence-corrected chi connectivity index (χ4v) is 4.29. The van der Waals surface area contributed by atoms with E-state index in [1.807, 2.05) is 6.92 Å². The zero-order valence-corrected chi connectivity index (χ0v) is 16.7. The van der Waals surface area contributed by atoms with E-state index in [1.54, 1.807) is 24.3 Å². The Kier molecular flexibility index (Phi) is 6.30. The van der Waals surface area contributed by atoms with E-state index in [2.05, 4.69) is 20.8 Å². The van der Waals surface area contributed by atoms with Crippen LogP contribution in [0.1, 0.15) is 12.5 Å². The summed E-state index contributed by atoms with van der Waals surface area (Å²) in [7, 11) is 0. The van der Waals surface area contributed by atoms with Crippen molar-refractivity contribution in [3.63, 3.8) is 0 Å². The van der Waals surface area contributed by atoms with Crippen molar-refractivity contribution in [2.75, 3.05) is 17.6 Å². The number of halogens is 1. The largest absolute Gasteiger partial charge is 0.336 e. The van der Waals surface area contributed by atoms with Gasteiger partial charge in [0.1, 0.15) is 5.92 Å². The number of nitrogens with zero attached hydrogens (tertiary/aromatic N) is 3. The first kappa shape index (κ1) is 19.6. The highest BCUT2D eigenvalue weighted by molar-refractivity contribution is 8.01. The zero-order chi connectivity index (χ0) is 19.4. The van der Waals surface area contributed by atoms with Gasteiger partial charge in [-0.1, -0.05) is 59.8 Å². The highest BCUT2D eigenvalue weighted by Crippen LogP contribution is 2.26. The second-order valence-electron chi connectivity index (χ2n) is 5.55. The van der Waals surface area contributed by atoms with Crippen LogP contribution in [-0.4, -0.2) is 45.2 Å². The molecule has 3 rings (SSSR count). The van der Waals surface area contributed by atoms with Crippen LogP contribution in [-0.2, 0) is 16.1 Å². The van der Waals surface area contributed by atoms with E-state index in [0.29, 0.717) is 15.7 Å². The molecule has 1 saturated heterocycles. The van der Waals surface area contributed by atoms with Crippen molar-refractivity contribution in [3.05, 3.63) is 34.9 Å². The van der Waals surface area contributed by atoms with Crippen LogP contribution in [0.15, 0.2) is 28.6 Å². The van der Waals surface area contributed by atoms with Gasteiger partial charge in [0, 0.05) is 11.6 Å². The molecule has 2 N–H and O–H groups in total. The van der Waals surface area contributed by atoms with Gasteiger partial charge in [-0.15, -0.1) is 10.2 Å². The highest BCUT2D eigenvalue weighted by atomic mass is 35.5. The summed E-state index contributed by atoms with van der Waals surface area (Å²) in [5.74, 6) is -1.32. The second-order valence-corrected chi connectivity index (χ2v) is 8.45. The molecule has 0 saturated carbocycles. The van der Waals surface area contributed by atoms with Crippen molar-refractivity contribution < 1.29 is 14.4 Å². The molecule has 1 aromatic heterocycles. The summed E-state index contributed by atoms with van der Waals surface area (Å²) >= 11 is 8.86. The van der Waals surface area contributed by atoms with Crippen LogP contribution < -0.4 is 10.6 Å². The normalized spacial score (nSPS) is 17.0. The lowest BCUT2D eigenvalue weighted by molar-refractivity contribution is -0.139. The van der Waals surface area contributed by atoms with Gasteiger partial charge in [0.05, 0.1) is 6.54 Å². The molecular weight excluding hydrogens is 410 g/mol. The molecule has 27 heavy (non-hydrogen) atoms. The fourth-order valence-electron chi connectivity index (χ4n) is 2.45. The van der Waals surface area contributed by atoms with E-state index < -0.39 is 23.8 Å². The molecule has 0 bridgehead atoms. The number of amides is 4. The third-order valence-corrected chi connectivity index (χ3v) is 6.00. The van der Waals surface area contributed by atoms with E-state index in [4.69, 9.17) is 11.6 Å². The minimum absolute atomic E-state index is 0.00971. The van der Waals surface area contributed by atoms with Gasteiger partial charge in [0.15, 0.2) is 4.34 Å². The van der Waals surface area contributed by atoms with E-state index >= 15 is 0 Å². The Morgan fingerprint density at radius 2 is 2.19 bits per heavy atom. The summed E-state index contributed by atoms with van der Waals surface area (Å²) < 4.78 is 0.733. The highest BCUT2D eigenvalue weighted by Gasteiger charge is 2.39. The third-order valence-electron chi connectivity index (χ3n) is 3.77. The average Bonchev–Trinajstić information content (AvgIpc) is 3.07. The minimum Gasteiger partial charge on any atom is -0.336 e. The van der Waals surface area contributed by atoms with Crippen LogP contribution in [0.5, 0.6) is 0 Å². The lowest BCUT2D eigenvalue weighted by Crippen LogP contribution is -2.57. The summed E-state index contributed by atoms with van der Waals surface area (Å²) in [5.41, 5.74) is 0.620. The van der Waals surface area contributed by atoms with E-state index in [9.17, 15) is 14.4 Å². The number of urea groups is 1. The second kappa shape index (κ2) is 8.68. The number of benzene rings is 1. The maximum atomic E-state index is 12.7. The van der Waals surface area contributed by atoms with Crippen LogP contribution in [0.25, 0.3) is 0 Å². The van der Waals surface area contributed by atoms with Crippen LogP contribution in [0.2, 0.25) is 5.02 Å². The molecule has 0 aliphatic carbocycles. The molecule has 2 heterocycles. The molecular formula is C16H16ClN5O3S2. The Morgan fingerprint density at radius 3 is 2.93 bits per heavy atom. The van der Waals surface area contributed by atoms with Gasteiger partial charge in [0.2, 0.25) is 16.9 Å². The molecule has 1 aliphatic rings. The average molecular weight is 426 g/mol. The number of carbonyl (C=O) groups excluding carboxylic acids is 3. The van der Waals surface area contributed by atoms with Gasteiger partial charge in [-0.25, -0.2) is 4.79 Å². The molecule has 4 amide bonds. The SMILES string of the molecule is CCSc1nnc(NC(=O)C2CNC(=O)N(Cc3ccccc3Cl)C2=O)s1. The van der Waals surface area contributed by atoms with E-state index in [-0.39, 0.29) is 13.1 Å². The first-order valence-electron chi connectivity index (χ1n) is 8.09. The quantitative estimate of drug-likeness (QED) is 0.419. The Hall–Kier alpha value is -2.17. The number of rotatable bonds is 6. The molecule has 1 unspecified atom stereocenters. The standard InChI is InChI=1S/C16H16ClN5O3S2/c1-2-26-16-21-20-14(27-16)19-12(23)10-7-18-15(25)22(13(10)24)8-9-5-3-4-6-11(9)17/h3-6,10H,2,7-8H2,1H3,(H,18,25)(H,19,20,23). The van der Waals surface area contributed by atoms with Gasteiger partial charge >= 0.3 is 6.03 Å². The van der Waals surface area contributed by atoms with E-state index in [1.165, 1.54) is 23.1 Å². The van der Waals surface area contributed by atoms with Crippen LogP contribution in [0.4, 0.5) is 9.93 Å². The van der Waals surface area contributed by atoms with Crippen molar-refractivity contribution in [1.29, 1.82) is 0 Å². The topological polar surface area (TPSA) is 104 Å². The van der Waals surface area contributed by atoms with Gasteiger partial charge in [-0.2, -0.15) is 0 Å². The van der Waals surface area contributed by atoms with Crippen LogP contribution in [0, 0.1) is 5.92 Å². The van der Waals surface area contributed by atoms with Crippen molar-refractivity contribution >= 4 is 57.7 Å². The summed E-state index contributed by atoms with van der Waals surface area (Å²) in [6.45, 7) is 1.91. The molecule has 2 aromatic rings. The smallest absolute Gasteiger partial charge is 0.324 e. The number of hydrogen-bond donors (Lipinski definition) is 2. The number of aromatic nitrogens is 2. The monoisotopic (exact) mass is 425 g/mol. The number of anilines is 1. The fraction of sp³-hybridized carbons (Fsp3) is 0.312. The molecule has 1 aromatic carbocycles. The summed E-state index contributed by atoms with van der Waals surface area (Å²) in [6.07, 6.45) is 0. The van der Waals surface area contributed by atoms with Gasteiger partial charge in [-0.3, -0.25) is 19.8 Å². The van der Waals surface area contributed by atoms with Crippen molar-refractivity contribution in [3.8, 4) is 0 Å². The number of nitrogens with one attached hydrogen (secondary N) is 2. The lowest BCUT2D eigenvalue weighted by Gasteiger charge is -2.30. The Labute approximate surface area is 168 Å². The third kappa shape index (κ3) is 4.57. The Morgan fingerprint density at radius 1 is 1.41 bits per heavy atom. The number of thioether (sulfide) groups is 1. The molecule has 0 spiro atoms. The molecule has 8 nitrogen and oxygen atoms in total. The molecule has 142 valence electrons. The molecule has 11 heteroatoms. The summed E-state index contributed by atoms with van der Waals surface area (Å²) in [6, 6.07) is 6.36. The van der Waals surface area contributed by atoms with Crippen molar-refractivity contribution in [2.45, 2.75) is 17.8 Å². The lowest BCUT2D eigenvalue weighted by atomic mass is 10.0.